The van der Waals surface area contributed by atoms with Gasteiger partial charge in [0.2, 0.25) is 10.0 Å². The van der Waals surface area contributed by atoms with Crippen molar-refractivity contribution in [2.75, 3.05) is 25.5 Å². The second-order valence-corrected chi connectivity index (χ2v) is 7.39. The number of hydrogen-bond acceptors (Lipinski definition) is 5. The van der Waals surface area contributed by atoms with Crippen molar-refractivity contribution in [1.82, 2.24) is 4.31 Å². The van der Waals surface area contributed by atoms with Crippen LogP contribution in [0.25, 0.3) is 0 Å². The summed E-state index contributed by atoms with van der Waals surface area (Å²) >= 11 is 0. The maximum absolute atomic E-state index is 12.9. The molecule has 1 fully saturated rings. The van der Waals surface area contributed by atoms with Crippen molar-refractivity contribution in [3.8, 4) is 5.75 Å². The molecule has 116 valence electrons. The zero-order chi connectivity index (χ0) is 15.0. The molecule has 0 unspecified atom stereocenters. The molecule has 0 bridgehead atoms. The van der Waals surface area contributed by atoms with Crippen LogP contribution in [0.2, 0.25) is 0 Å². The van der Waals surface area contributed by atoms with Gasteiger partial charge < -0.3 is 15.6 Å². The van der Waals surface area contributed by atoms with Gasteiger partial charge in [-0.2, -0.15) is 4.31 Å². The molecule has 0 radical (unpaired) electrons. The van der Waals surface area contributed by atoms with Crippen molar-refractivity contribution in [2.45, 2.75) is 36.6 Å². The molecule has 1 heterocycles. The fourth-order valence-electron chi connectivity index (χ4n) is 2.75. The van der Waals surface area contributed by atoms with E-state index < -0.39 is 10.0 Å². The van der Waals surface area contributed by atoms with E-state index in [0.717, 1.165) is 31.2 Å². The first-order valence-corrected chi connectivity index (χ1v) is 8.66. The number of hydrogen-bond donors (Lipinski definition) is 2. The van der Waals surface area contributed by atoms with Crippen LogP contribution in [-0.4, -0.2) is 43.6 Å². The van der Waals surface area contributed by atoms with E-state index in [1.165, 1.54) is 10.4 Å². The van der Waals surface area contributed by atoms with Crippen molar-refractivity contribution >= 4 is 15.7 Å². The lowest BCUT2D eigenvalue weighted by Gasteiger charge is -2.25. The second-order valence-electron chi connectivity index (χ2n) is 5.53. The van der Waals surface area contributed by atoms with Gasteiger partial charge in [-0.15, -0.1) is 0 Å². The van der Waals surface area contributed by atoms with Crippen LogP contribution in [0.1, 0.15) is 24.8 Å². The van der Waals surface area contributed by atoms with Crippen molar-refractivity contribution in [2.24, 2.45) is 0 Å². The Bertz CT molecular complexity index is 641. The largest absolute Gasteiger partial charge is 0.492 e. The van der Waals surface area contributed by atoms with Gasteiger partial charge in [0, 0.05) is 18.3 Å². The lowest BCUT2D eigenvalue weighted by atomic mass is 10.1. The molecule has 0 spiro atoms. The van der Waals surface area contributed by atoms with E-state index in [1.54, 1.807) is 6.07 Å². The second kappa shape index (κ2) is 5.47. The van der Waals surface area contributed by atoms with Gasteiger partial charge in [-0.05, 0) is 43.4 Å². The highest BCUT2D eigenvalue weighted by Gasteiger charge is 2.39. The van der Waals surface area contributed by atoms with E-state index in [1.807, 2.05) is 0 Å². The number of nitrogens with two attached hydrogens (primary N) is 1. The number of ether oxygens (including phenoxy) is 1. The average molecular weight is 312 g/mol. The van der Waals surface area contributed by atoms with Crippen LogP contribution in [0.5, 0.6) is 5.75 Å². The minimum atomic E-state index is -3.70. The molecular weight excluding hydrogens is 292 g/mol. The van der Waals surface area contributed by atoms with Crippen molar-refractivity contribution in [1.29, 1.82) is 0 Å². The monoisotopic (exact) mass is 312 g/mol. The Morgan fingerprint density at radius 2 is 2.14 bits per heavy atom. The first-order chi connectivity index (χ1) is 10.0. The van der Waals surface area contributed by atoms with Crippen LogP contribution in [0, 0.1) is 0 Å². The Kier molecular flexibility index (Phi) is 3.81. The Balaban J connectivity index is 2.07. The third kappa shape index (κ3) is 2.73. The van der Waals surface area contributed by atoms with Crippen LogP contribution < -0.4 is 10.5 Å². The normalized spacial score (nSPS) is 18.4. The number of sulfonamides is 1. The molecule has 1 aliphatic carbocycles. The summed E-state index contributed by atoms with van der Waals surface area (Å²) in [6.45, 7) is 0.431. The zero-order valence-electron chi connectivity index (χ0n) is 11.8. The van der Waals surface area contributed by atoms with Crippen LogP contribution in [0.3, 0.4) is 0 Å². The Labute approximate surface area is 124 Å². The quantitative estimate of drug-likeness (QED) is 0.782. The summed E-state index contributed by atoms with van der Waals surface area (Å²) in [5.74, 6) is 0.430. The Morgan fingerprint density at radius 1 is 1.38 bits per heavy atom. The first-order valence-electron chi connectivity index (χ1n) is 7.22. The zero-order valence-corrected chi connectivity index (χ0v) is 12.6. The van der Waals surface area contributed by atoms with E-state index in [0.29, 0.717) is 18.0 Å². The summed E-state index contributed by atoms with van der Waals surface area (Å²) in [4.78, 5) is 0.137. The molecule has 1 saturated carbocycles. The highest BCUT2D eigenvalue weighted by Crippen LogP contribution is 2.39. The molecule has 3 rings (SSSR count). The van der Waals surface area contributed by atoms with E-state index in [4.69, 9.17) is 15.6 Å². The van der Waals surface area contributed by atoms with Crippen LogP contribution in [0.4, 0.5) is 5.69 Å². The van der Waals surface area contributed by atoms with Gasteiger partial charge in [0.15, 0.2) is 0 Å². The number of aliphatic hydroxyl groups excluding tert-OH is 1. The van der Waals surface area contributed by atoms with Crippen LogP contribution in [-0.2, 0) is 16.4 Å². The van der Waals surface area contributed by atoms with E-state index in [-0.39, 0.29) is 24.1 Å². The average Bonchev–Trinajstić information content (AvgIpc) is 3.28. The molecule has 6 nitrogen and oxygen atoms in total. The summed E-state index contributed by atoms with van der Waals surface area (Å²) in [6, 6.07) is 3.23. The molecule has 0 aromatic heterocycles. The first kappa shape index (κ1) is 14.6. The number of nitrogens with zero attached hydrogens (tertiary/aromatic N) is 1. The number of fused-ring (bicyclic) bond motifs is 1. The molecule has 0 atom stereocenters. The van der Waals surface area contributed by atoms with Gasteiger partial charge in [0.05, 0.1) is 13.2 Å². The highest BCUT2D eigenvalue weighted by molar-refractivity contribution is 7.89. The number of nitrogen functional groups attached to an aromatic ring is 1. The lowest BCUT2D eigenvalue weighted by Crippen LogP contribution is -2.36. The summed E-state index contributed by atoms with van der Waals surface area (Å²) in [6.07, 6.45) is 3.31. The van der Waals surface area contributed by atoms with Crippen molar-refractivity contribution in [3.05, 3.63) is 17.7 Å². The van der Waals surface area contributed by atoms with Crippen LogP contribution >= 0.6 is 0 Å². The molecular formula is C14H20N2O4S. The number of rotatable bonds is 5. The van der Waals surface area contributed by atoms with E-state index in [2.05, 4.69) is 0 Å². The Morgan fingerprint density at radius 3 is 2.81 bits per heavy atom. The molecule has 0 amide bonds. The molecule has 3 N–H and O–H groups in total. The van der Waals surface area contributed by atoms with E-state index >= 15 is 0 Å². The molecule has 2 aliphatic rings. The van der Waals surface area contributed by atoms with Gasteiger partial charge in [0.25, 0.3) is 0 Å². The van der Waals surface area contributed by atoms with Gasteiger partial charge in [-0.3, -0.25) is 0 Å². The minimum absolute atomic E-state index is 0.0113. The summed E-state index contributed by atoms with van der Waals surface area (Å²) in [5.41, 5.74) is 7.13. The molecule has 1 aliphatic heterocycles. The maximum Gasteiger partial charge on any atom is 0.247 e. The molecule has 1 aromatic carbocycles. The van der Waals surface area contributed by atoms with Gasteiger partial charge in [-0.1, -0.05) is 0 Å². The molecule has 21 heavy (non-hydrogen) atoms. The molecule has 1 aromatic rings. The summed E-state index contributed by atoms with van der Waals surface area (Å²) in [5, 5.41) is 9.15. The Hall–Kier alpha value is -1.31. The van der Waals surface area contributed by atoms with Gasteiger partial charge >= 0.3 is 0 Å². The third-order valence-electron chi connectivity index (χ3n) is 3.85. The summed E-state index contributed by atoms with van der Waals surface area (Å²) in [7, 11) is -3.70. The minimum Gasteiger partial charge on any atom is -0.492 e. The van der Waals surface area contributed by atoms with E-state index in [9.17, 15) is 8.42 Å². The molecule has 7 heteroatoms. The summed E-state index contributed by atoms with van der Waals surface area (Å²) < 4.78 is 32.8. The van der Waals surface area contributed by atoms with Crippen LogP contribution in [0.15, 0.2) is 17.0 Å². The lowest BCUT2D eigenvalue weighted by molar-refractivity contribution is 0.248. The van der Waals surface area contributed by atoms with Crippen molar-refractivity contribution in [3.63, 3.8) is 0 Å². The number of aryl methyl sites for hydroxylation is 1. The number of benzene rings is 1. The predicted octanol–water partition coefficient (Wildman–Crippen LogP) is 0.739. The SMILES string of the molecule is Nc1cc2c(c(S(=O)(=O)N(CCO)C3CC3)c1)OCCC2. The fraction of sp³-hybridized carbons (Fsp3) is 0.571. The number of anilines is 1. The maximum atomic E-state index is 12.9. The van der Waals surface area contributed by atoms with Gasteiger partial charge in [0.1, 0.15) is 10.6 Å². The van der Waals surface area contributed by atoms with Gasteiger partial charge in [-0.25, -0.2) is 8.42 Å². The third-order valence-corrected chi connectivity index (χ3v) is 5.81. The highest BCUT2D eigenvalue weighted by atomic mass is 32.2. The topological polar surface area (TPSA) is 92.9 Å². The fourth-order valence-corrected chi connectivity index (χ4v) is 4.64. The predicted molar refractivity (Wildman–Crippen MR) is 78.7 cm³/mol. The van der Waals surface area contributed by atoms with Crippen molar-refractivity contribution < 1.29 is 18.3 Å². The molecule has 0 saturated heterocycles. The standard InChI is InChI=1S/C14H20N2O4S/c15-11-8-10-2-1-7-20-14(10)13(9-11)21(18,19)16(5-6-17)12-3-4-12/h8-9,12,17H,1-7,15H2. The smallest absolute Gasteiger partial charge is 0.247 e. The number of aliphatic hydroxyl groups is 1.